The van der Waals surface area contributed by atoms with Gasteiger partial charge in [-0.15, -0.1) is 15.0 Å². The molecule has 1 heterocycles. The van der Waals surface area contributed by atoms with Gasteiger partial charge in [-0.25, -0.2) is 0 Å². The highest BCUT2D eigenvalue weighted by atomic mass is 16.2. The molecule has 1 N–H and O–H groups in total. The Balaban J connectivity index is 2.22. The second-order valence-electron chi connectivity index (χ2n) is 2.87. The Morgan fingerprint density at radius 1 is 1.21 bits per heavy atom. The van der Waals surface area contributed by atoms with E-state index >= 15 is 0 Å². The molecule has 14 heavy (non-hydrogen) atoms. The topological polar surface area (TPSA) is 63.8 Å². The van der Waals surface area contributed by atoms with Crippen molar-refractivity contribution >= 4 is 0 Å². The maximum absolute atomic E-state index is 8.73. The number of hydrogen-bond acceptors (Lipinski definition) is 4. The van der Waals surface area contributed by atoms with Crippen LogP contribution in [-0.2, 0) is 6.42 Å². The Morgan fingerprint density at radius 3 is 2.57 bits per heavy atom. The van der Waals surface area contributed by atoms with E-state index in [1.165, 1.54) is 11.1 Å². The maximum atomic E-state index is 8.73. The molecular formula is C9H10N4O. The standard InChI is InChI=1S/C9H10N4O/c14-6-5-8-1-3-9(4-2-8)13-11-7-10-12-13/h1-4,7,14H,5-6H2. The van der Waals surface area contributed by atoms with E-state index < -0.39 is 0 Å². The minimum Gasteiger partial charge on any atom is -0.396 e. The SMILES string of the molecule is OCCc1ccc(-n2ncnn2)cc1. The average Bonchev–Trinajstić information content (AvgIpc) is 2.72. The van der Waals surface area contributed by atoms with Crippen LogP contribution in [0.2, 0.25) is 0 Å². The van der Waals surface area contributed by atoms with E-state index in [0.717, 1.165) is 11.3 Å². The van der Waals surface area contributed by atoms with Crippen LogP contribution >= 0.6 is 0 Å². The van der Waals surface area contributed by atoms with Crippen LogP contribution in [0.15, 0.2) is 30.6 Å². The normalized spacial score (nSPS) is 10.4. The summed E-state index contributed by atoms with van der Waals surface area (Å²) < 4.78 is 0. The van der Waals surface area contributed by atoms with Crippen molar-refractivity contribution in [2.24, 2.45) is 0 Å². The van der Waals surface area contributed by atoms with E-state index in [1.807, 2.05) is 24.3 Å². The lowest BCUT2D eigenvalue weighted by Gasteiger charge is -2.00. The van der Waals surface area contributed by atoms with Crippen molar-refractivity contribution < 1.29 is 5.11 Å². The molecule has 0 fully saturated rings. The summed E-state index contributed by atoms with van der Waals surface area (Å²) in [6.45, 7) is 0.168. The zero-order chi connectivity index (χ0) is 9.80. The van der Waals surface area contributed by atoms with Crippen LogP contribution in [0.5, 0.6) is 0 Å². The van der Waals surface area contributed by atoms with Crippen molar-refractivity contribution in [2.45, 2.75) is 6.42 Å². The second kappa shape index (κ2) is 3.97. The fourth-order valence-corrected chi connectivity index (χ4v) is 1.21. The lowest BCUT2D eigenvalue weighted by Crippen LogP contribution is -1.99. The van der Waals surface area contributed by atoms with Crippen LogP contribution in [0.25, 0.3) is 5.69 Å². The van der Waals surface area contributed by atoms with E-state index in [1.54, 1.807) is 0 Å². The summed E-state index contributed by atoms with van der Waals surface area (Å²) in [5.41, 5.74) is 1.96. The lowest BCUT2D eigenvalue weighted by molar-refractivity contribution is 0.299. The highest BCUT2D eigenvalue weighted by Crippen LogP contribution is 2.07. The van der Waals surface area contributed by atoms with E-state index in [4.69, 9.17) is 5.11 Å². The monoisotopic (exact) mass is 190 g/mol. The third kappa shape index (κ3) is 1.77. The van der Waals surface area contributed by atoms with Crippen LogP contribution in [-0.4, -0.2) is 31.9 Å². The van der Waals surface area contributed by atoms with Gasteiger partial charge in [0.1, 0.15) is 0 Å². The third-order valence-electron chi connectivity index (χ3n) is 1.92. The third-order valence-corrected chi connectivity index (χ3v) is 1.92. The summed E-state index contributed by atoms with van der Waals surface area (Å²) in [7, 11) is 0. The molecule has 2 rings (SSSR count). The van der Waals surface area contributed by atoms with Gasteiger partial charge < -0.3 is 5.11 Å². The molecule has 0 saturated heterocycles. The number of rotatable bonds is 3. The van der Waals surface area contributed by atoms with Crippen molar-refractivity contribution in [2.75, 3.05) is 6.61 Å². The van der Waals surface area contributed by atoms with Crippen molar-refractivity contribution in [1.29, 1.82) is 0 Å². The Bertz CT molecular complexity index is 382. The predicted octanol–water partition coefficient (Wildman–Crippen LogP) is 0.197. The van der Waals surface area contributed by atoms with E-state index in [9.17, 15) is 0 Å². The smallest absolute Gasteiger partial charge is 0.162 e. The number of tetrazole rings is 1. The Kier molecular flexibility index (Phi) is 2.51. The number of aliphatic hydroxyl groups excluding tert-OH is 1. The molecule has 0 amide bonds. The predicted molar refractivity (Wildman–Crippen MR) is 49.9 cm³/mol. The average molecular weight is 190 g/mol. The molecule has 0 aliphatic heterocycles. The van der Waals surface area contributed by atoms with Crippen LogP contribution in [0, 0.1) is 0 Å². The van der Waals surface area contributed by atoms with Gasteiger partial charge in [0.2, 0.25) is 0 Å². The van der Waals surface area contributed by atoms with Gasteiger partial charge in [-0.3, -0.25) is 0 Å². The van der Waals surface area contributed by atoms with Gasteiger partial charge in [0.25, 0.3) is 0 Å². The van der Waals surface area contributed by atoms with E-state index in [2.05, 4.69) is 15.4 Å². The van der Waals surface area contributed by atoms with E-state index in [0.29, 0.717) is 6.42 Å². The molecule has 0 atom stereocenters. The largest absolute Gasteiger partial charge is 0.396 e. The first-order valence-corrected chi connectivity index (χ1v) is 4.33. The zero-order valence-corrected chi connectivity index (χ0v) is 7.54. The molecule has 0 bridgehead atoms. The first kappa shape index (κ1) is 8.83. The maximum Gasteiger partial charge on any atom is 0.162 e. The fraction of sp³-hybridized carbons (Fsp3) is 0.222. The number of hydrogen-bond donors (Lipinski definition) is 1. The molecular weight excluding hydrogens is 180 g/mol. The molecule has 5 nitrogen and oxygen atoms in total. The number of aromatic nitrogens is 4. The molecule has 72 valence electrons. The molecule has 0 aliphatic rings. The summed E-state index contributed by atoms with van der Waals surface area (Å²) >= 11 is 0. The van der Waals surface area contributed by atoms with Gasteiger partial charge in [0.15, 0.2) is 6.33 Å². The minimum atomic E-state index is 0.168. The summed E-state index contributed by atoms with van der Waals surface area (Å²) in [6, 6.07) is 7.67. The van der Waals surface area contributed by atoms with Crippen LogP contribution in [0.4, 0.5) is 0 Å². The van der Waals surface area contributed by atoms with Crippen molar-refractivity contribution in [1.82, 2.24) is 20.2 Å². The molecule has 1 aromatic carbocycles. The number of nitrogens with zero attached hydrogens (tertiary/aromatic N) is 4. The first-order valence-electron chi connectivity index (χ1n) is 4.33. The zero-order valence-electron chi connectivity index (χ0n) is 7.54. The Hall–Kier alpha value is -1.75. The molecule has 1 aromatic heterocycles. The van der Waals surface area contributed by atoms with Crippen LogP contribution in [0.3, 0.4) is 0 Å². The lowest BCUT2D eigenvalue weighted by atomic mass is 10.1. The van der Waals surface area contributed by atoms with Gasteiger partial charge in [0, 0.05) is 6.61 Å². The Morgan fingerprint density at radius 2 is 2.00 bits per heavy atom. The van der Waals surface area contributed by atoms with Gasteiger partial charge in [0.05, 0.1) is 5.69 Å². The molecule has 0 unspecified atom stereocenters. The van der Waals surface area contributed by atoms with Gasteiger partial charge >= 0.3 is 0 Å². The second-order valence-corrected chi connectivity index (χ2v) is 2.87. The van der Waals surface area contributed by atoms with Gasteiger partial charge in [-0.1, -0.05) is 12.1 Å². The van der Waals surface area contributed by atoms with Gasteiger partial charge in [-0.2, -0.15) is 0 Å². The highest BCUT2D eigenvalue weighted by molar-refractivity contribution is 5.32. The quantitative estimate of drug-likeness (QED) is 0.750. The van der Waals surface area contributed by atoms with Crippen molar-refractivity contribution in [3.05, 3.63) is 36.2 Å². The van der Waals surface area contributed by atoms with E-state index in [-0.39, 0.29) is 6.61 Å². The summed E-state index contributed by atoms with van der Waals surface area (Å²) in [5, 5.41) is 20.0. The molecule has 0 saturated carbocycles. The Labute approximate surface area is 81.0 Å². The van der Waals surface area contributed by atoms with Crippen LogP contribution < -0.4 is 0 Å². The van der Waals surface area contributed by atoms with Gasteiger partial charge in [-0.05, 0) is 29.3 Å². The first-order chi connectivity index (χ1) is 6.90. The van der Waals surface area contributed by atoms with Crippen LogP contribution in [0.1, 0.15) is 5.56 Å². The molecule has 0 radical (unpaired) electrons. The van der Waals surface area contributed by atoms with Crippen molar-refractivity contribution in [3.63, 3.8) is 0 Å². The minimum absolute atomic E-state index is 0.168. The van der Waals surface area contributed by atoms with Crippen molar-refractivity contribution in [3.8, 4) is 5.69 Å². The highest BCUT2D eigenvalue weighted by Gasteiger charge is 1.97. The molecule has 0 aliphatic carbocycles. The molecule has 0 spiro atoms. The fourth-order valence-electron chi connectivity index (χ4n) is 1.21. The molecule has 2 aromatic rings. The number of aliphatic hydroxyl groups is 1. The summed E-state index contributed by atoms with van der Waals surface area (Å²) in [5.74, 6) is 0. The summed E-state index contributed by atoms with van der Waals surface area (Å²) in [6.07, 6.45) is 2.06. The number of benzene rings is 1. The molecule has 5 heteroatoms. The summed E-state index contributed by atoms with van der Waals surface area (Å²) in [4.78, 5) is 1.45.